The van der Waals surface area contributed by atoms with Crippen LogP contribution in [0.1, 0.15) is 11.1 Å². The van der Waals surface area contributed by atoms with E-state index in [9.17, 15) is 0 Å². The second kappa shape index (κ2) is 5.63. The summed E-state index contributed by atoms with van der Waals surface area (Å²) in [5.74, 6) is 0. The topological polar surface area (TPSA) is 3.88 Å². The Kier molecular flexibility index (Phi) is 4.15. The van der Waals surface area contributed by atoms with Crippen molar-refractivity contribution >= 4 is 38.5 Å². The molecule has 0 radical (unpaired) electrons. The van der Waals surface area contributed by atoms with Crippen LogP contribution in [0.25, 0.3) is 10.2 Å². The van der Waals surface area contributed by atoms with Crippen molar-refractivity contribution in [3.05, 3.63) is 65.2 Å². The zero-order valence-electron chi connectivity index (χ0n) is 10.2. The van der Waals surface area contributed by atoms with Gasteiger partial charge in [0, 0.05) is 11.6 Å². The molecule has 1 aromatic heterocycles. The van der Waals surface area contributed by atoms with E-state index in [1.54, 1.807) is 11.3 Å². The average molecular weight is 321 g/mol. The zero-order chi connectivity index (χ0) is 11.7. The Morgan fingerprint density at radius 3 is 2.50 bits per heavy atom. The molecular formula is C15H15BrNS+. The Morgan fingerprint density at radius 1 is 1.00 bits per heavy atom. The SMILES string of the molecule is Br.Cc1ccc(C[n+]2csc3ccccc32)cc1. The van der Waals surface area contributed by atoms with Gasteiger partial charge in [0.15, 0.2) is 6.54 Å². The number of hydrogen-bond acceptors (Lipinski definition) is 1. The molecule has 0 aliphatic heterocycles. The van der Waals surface area contributed by atoms with Crippen molar-refractivity contribution < 1.29 is 4.57 Å². The summed E-state index contributed by atoms with van der Waals surface area (Å²) in [4.78, 5) is 0. The summed E-state index contributed by atoms with van der Waals surface area (Å²) in [6, 6.07) is 17.3. The highest BCUT2D eigenvalue weighted by Gasteiger charge is 2.10. The van der Waals surface area contributed by atoms with E-state index in [-0.39, 0.29) is 17.0 Å². The van der Waals surface area contributed by atoms with Crippen LogP contribution in [-0.2, 0) is 6.54 Å². The molecule has 3 aromatic rings. The van der Waals surface area contributed by atoms with Gasteiger partial charge >= 0.3 is 0 Å². The first-order valence-corrected chi connectivity index (χ1v) is 6.62. The molecule has 0 spiro atoms. The van der Waals surface area contributed by atoms with Crippen molar-refractivity contribution in [3.63, 3.8) is 0 Å². The van der Waals surface area contributed by atoms with Gasteiger partial charge in [0.05, 0.1) is 0 Å². The molecule has 0 fully saturated rings. The van der Waals surface area contributed by atoms with Gasteiger partial charge in [0.1, 0.15) is 4.70 Å². The van der Waals surface area contributed by atoms with Gasteiger partial charge in [-0.25, -0.2) is 0 Å². The molecule has 0 saturated carbocycles. The Labute approximate surface area is 121 Å². The maximum atomic E-state index is 2.31. The van der Waals surface area contributed by atoms with E-state index in [0.29, 0.717) is 0 Å². The number of para-hydroxylation sites is 1. The number of aryl methyl sites for hydroxylation is 1. The number of nitrogens with zero attached hydrogens (tertiary/aromatic N) is 1. The van der Waals surface area contributed by atoms with Crippen LogP contribution in [0.2, 0.25) is 0 Å². The molecule has 0 aliphatic rings. The van der Waals surface area contributed by atoms with Gasteiger partial charge in [-0.15, -0.1) is 17.0 Å². The highest BCUT2D eigenvalue weighted by molar-refractivity contribution is 8.93. The molecule has 3 rings (SSSR count). The average Bonchev–Trinajstić information content (AvgIpc) is 2.76. The van der Waals surface area contributed by atoms with Gasteiger partial charge in [0.2, 0.25) is 11.0 Å². The first-order chi connectivity index (χ1) is 8.33. The standard InChI is InChI=1S/C15H14NS.BrH/c1-12-6-8-13(9-7-12)10-16-11-17-15-5-3-2-4-14(15)16;/h2-9,11H,10H2,1H3;1H/q+1;. The van der Waals surface area contributed by atoms with Crippen molar-refractivity contribution in [2.24, 2.45) is 0 Å². The summed E-state index contributed by atoms with van der Waals surface area (Å²) in [5, 5.41) is 0. The molecule has 0 bridgehead atoms. The molecular weight excluding hydrogens is 306 g/mol. The largest absolute Gasteiger partial charge is 0.226 e. The lowest BCUT2D eigenvalue weighted by molar-refractivity contribution is -0.658. The third-order valence-electron chi connectivity index (χ3n) is 2.96. The number of fused-ring (bicyclic) bond motifs is 1. The van der Waals surface area contributed by atoms with Gasteiger partial charge < -0.3 is 0 Å². The molecule has 92 valence electrons. The summed E-state index contributed by atoms with van der Waals surface area (Å²) >= 11 is 1.80. The third-order valence-corrected chi connectivity index (χ3v) is 3.91. The summed E-state index contributed by atoms with van der Waals surface area (Å²) in [6.07, 6.45) is 0. The van der Waals surface area contributed by atoms with Crippen molar-refractivity contribution in [1.29, 1.82) is 0 Å². The molecule has 0 aliphatic carbocycles. The van der Waals surface area contributed by atoms with Crippen LogP contribution in [0, 0.1) is 6.92 Å². The minimum absolute atomic E-state index is 0. The fraction of sp³-hybridized carbons (Fsp3) is 0.133. The van der Waals surface area contributed by atoms with E-state index in [2.05, 4.69) is 65.5 Å². The number of benzene rings is 2. The normalized spacial score (nSPS) is 10.3. The van der Waals surface area contributed by atoms with Crippen LogP contribution in [0.5, 0.6) is 0 Å². The van der Waals surface area contributed by atoms with E-state index in [1.165, 1.54) is 21.3 Å². The van der Waals surface area contributed by atoms with Crippen molar-refractivity contribution in [1.82, 2.24) is 0 Å². The predicted molar refractivity (Wildman–Crippen MR) is 82.6 cm³/mol. The van der Waals surface area contributed by atoms with Gasteiger partial charge in [-0.3, -0.25) is 0 Å². The van der Waals surface area contributed by atoms with E-state index < -0.39 is 0 Å². The van der Waals surface area contributed by atoms with Crippen molar-refractivity contribution in [2.45, 2.75) is 13.5 Å². The third kappa shape index (κ3) is 2.62. The predicted octanol–water partition coefficient (Wildman–Crippen LogP) is 4.12. The summed E-state index contributed by atoms with van der Waals surface area (Å²) in [7, 11) is 0. The molecule has 3 heteroatoms. The fourth-order valence-corrected chi connectivity index (χ4v) is 2.88. The smallest absolute Gasteiger partial charge is 0.184 e. The second-order valence-electron chi connectivity index (χ2n) is 4.30. The fourth-order valence-electron chi connectivity index (χ4n) is 1.98. The van der Waals surface area contributed by atoms with E-state index >= 15 is 0 Å². The summed E-state index contributed by atoms with van der Waals surface area (Å²) < 4.78 is 3.66. The summed E-state index contributed by atoms with van der Waals surface area (Å²) in [6.45, 7) is 3.07. The Morgan fingerprint density at radius 2 is 1.72 bits per heavy atom. The molecule has 1 nitrogen and oxygen atoms in total. The van der Waals surface area contributed by atoms with Crippen molar-refractivity contribution in [2.75, 3.05) is 0 Å². The first kappa shape index (κ1) is 13.2. The molecule has 2 aromatic carbocycles. The monoisotopic (exact) mass is 320 g/mol. The van der Waals surface area contributed by atoms with Crippen LogP contribution < -0.4 is 4.57 Å². The number of aromatic nitrogens is 1. The first-order valence-electron chi connectivity index (χ1n) is 5.74. The molecule has 0 amide bonds. The van der Waals surface area contributed by atoms with Gasteiger partial charge in [0.25, 0.3) is 0 Å². The lowest BCUT2D eigenvalue weighted by Gasteiger charge is -1.97. The lowest BCUT2D eigenvalue weighted by atomic mass is 10.1. The maximum absolute atomic E-state index is 2.31. The summed E-state index contributed by atoms with van der Waals surface area (Å²) in [5.41, 5.74) is 6.18. The molecule has 0 N–H and O–H groups in total. The van der Waals surface area contributed by atoms with Crippen LogP contribution >= 0.6 is 28.3 Å². The van der Waals surface area contributed by atoms with Gasteiger partial charge in [-0.05, 0) is 13.0 Å². The minimum Gasteiger partial charge on any atom is -0.184 e. The Bertz CT molecular complexity index is 643. The molecule has 0 saturated heterocycles. The number of thiazole rings is 1. The molecule has 0 unspecified atom stereocenters. The van der Waals surface area contributed by atoms with Crippen LogP contribution in [0.3, 0.4) is 0 Å². The van der Waals surface area contributed by atoms with Crippen LogP contribution in [-0.4, -0.2) is 0 Å². The Hall–Kier alpha value is -1.19. The van der Waals surface area contributed by atoms with Gasteiger partial charge in [-0.2, -0.15) is 4.57 Å². The minimum atomic E-state index is 0. The molecule has 0 atom stereocenters. The van der Waals surface area contributed by atoms with Crippen molar-refractivity contribution in [3.8, 4) is 0 Å². The van der Waals surface area contributed by atoms with Crippen LogP contribution in [0.4, 0.5) is 0 Å². The maximum Gasteiger partial charge on any atom is 0.226 e. The molecule has 18 heavy (non-hydrogen) atoms. The highest BCUT2D eigenvalue weighted by Crippen LogP contribution is 2.15. The zero-order valence-corrected chi connectivity index (χ0v) is 12.7. The quantitative estimate of drug-likeness (QED) is 0.625. The van der Waals surface area contributed by atoms with E-state index in [1.807, 2.05) is 0 Å². The number of halogens is 1. The number of rotatable bonds is 2. The molecule has 1 heterocycles. The van der Waals surface area contributed by atoms with E-state index in [0.717, 1.165) is 6.54 Å². The van der Waals surface area contributed by atoms with E-state index in [4.69, 9.17) is 0 Å². The highest BCUT2D eigenvalue weighted by atomic mass is 79.9. The van der Waals surface area contributed by atoms with Gasteiger partial charge in [-0.1, -0.05) is 53.3 Å². The second-order valence-corrected chi connectivity index (χ2v) is 5.19. The number of hydrogen-bond donors (Lipinski definition) is 0. The Balaban J connectivity index is 0.00000120. The van der Waals surface area contributed by atoms with Crippen LogP contribution in [0.15, 0.2) is 54.0 Å². The lowest BCUT2D eigenvalue weighted by Crippen LogP contribution is -2.31.